The number of fused-ring (bicyclic) bond motifs is 2. The van der Waals surface area contributed by atoms with Crippen LogP contribution < -0.4 is 10.2 Å². The third-order valence-electron chi connectivity index (χ3n) is 6.22. The Hall–Kier alpha value is -3.07. The summed E-state index contributed by atoms with van der Waals surface area (Å²) >= 11 is 0. The molecule has 0 spiro atoms. The summed E-state index contributed by atoms with van der Waals surface area (Å²) in [5.41, 5.74) is 1.35. The lowest BCUT2D eigenvalue weighted by Gasteiger charge is -2.38. The number of halogens is 2. The van der Waals surface area contributed by atoms with Crippen LogP contribution in [-0.2, 0) is 0 Å². The molecule has 2 saturated heterocycles. The molecule has 7 nitrogen and oxygen atoms in total. The lowest BCUT2D eigenvalue weighted by molar-refractivity contribution is 0.176. The van der Waals surface area contributed by atoms with Gasteiger partial charge in [0.1, 0.15) is 23.6 Å². The van der Waals surface area contributed by atoms with Crippen LogP contribution in [0.15, 0.2) is 36.9 Å². The van der Waals surface area contributed by atoms with Crippen molar-refractivity contribution in [1.82, 2.24) is 25.5 Å². The molecule has 30 heavy (non-hydrogen) atoms. The quantitative estimate of drug-likeness (QED) is 0.610. The maximum atomic E-state index is 14.8. The Morgan fingerprint density at radius 1 is 1.13 bits per heavy atom. The van der Waals surface area contributed by atoms with Crippen LogP contribution in [0, 0.1) is 5.82 Å². The maximum Gasteiger partial charge on any atom is 0.147 e. The Labute approximate surface area is 172 Å². The predicted molar refractivity (Wildman–Crippen MR) is 108 cm³/mol. The Kier molecular flexibility index (Phi) is 4.62. The third kappa shape index (κ3) is 3.19. The summed E-state index contributed by atoms with van der Waals surface area (Å²) in [5.74, 6) is -0.0675. The smallest absolute Gasteiger partial charge is 0.147 e. The van der Waals surface area contributed by atoms with Crippen LogP contribution in [0.2, 0.25) is 0 Å². The van der Waals surface area contributed by atoms with Crippen molar-refractivity contribution in [3.8, 4) is 28.1 Å². The topological polar surface area (TPSA) is 90.0 Å². The monoisotopic (exact) mass is 412 g/mol. The number of alkyl halides is 1. The number of anilines is 1. The Morgan fingerprint density at radius 2 is 2.00 bits per heavy atom. The number of H-pyrrole nitrogens is 1. The van der Waals surface area contributed by atoms with Crippen molar-refractivity contribution in [2.24, 2.45) is 0 Å². The van der Waals surface area contributed by atoms with Gasteiger partial charge in [0.15, 0.2) is 0 Å². The molecule has 2 fully saturated rings. The number of piperidine rings is 1. The standard InChI is InChI=1S/C21H22F2N6O/c1-29(18-4-12-2-3-16(28-12)21(18)23)20-10-24-17(9-25-20)14-5-15(22)13(6-19(14)30)11-7-26-27-8-11/h5-10,12,16,18,21,28,30H,2-4H2,1H3,(H,26,27)/t12-,16+,18-,21+/m1/s1. The van der Waals surface area contributed by atoms with Gasteiger partial charge in [-0.3, -0.25) is 10.1 Å². The van der Waals surface area contributed by atoms with Crippen molar-refractivity contribution < 1.29 is 13.9 Å². The average molecular weight is 412 g/mol. The number of nitrogens with zero attached hydrogens (tertiary/aromatic N) is 4. The number of hydrogen-bond acceptors (Lipinski definition) is 6. The van der Waals surface area contributed by atoms with Gasteiger partial charge < -0.3 is 15.3 Å². The van der Waals surface area contributed by atoms with E-state index in [-0.39, 0.29) is 29.0 Å². The van der Waals surface area contributed by atoms with E-state index in [1.165, 1.54) is 30.7 Å². The Balaban J connectivity index is 1.39. The third-order valence-corrected chi connectivity index (χ3v) is 6.22. The van der Waals surface area contributed by atoms with E-state index in [1.54, 1.807) is 6.20 Å². The fourth-order valence-corrected chi connectivity index (χ4v) is 4.55. The highest BCUT2D eigenvalue weighted by molar-refractivity contribution is 5.74. The summed E-state index contributed by atoms with van der Waals surface area (Å²) in [6, 6.07) is 2.56. The number of phenolic OH excluding ortho intramolecular Hbond substituents is 1. The minimum absolute atomic E-state index is 0.0999. The molecule has 0 radical (unpaired) electrons. The van der Waals surface area contributed by atoms with E-state index in [9.17, 15) is 13.9 Å². The number of rotatable bonds is 4. The molecule has 4 atom stereocenters. The van der Waals surface area contributed by atoms with Crippen LogP contribution in [0.1, 0.15) is 19.3 Å². The van der Waals surface area contributed by atoms with Crippen LogP contribution in [0.5, 0.6) is 5.75 Å². The predicted octanol–water partition coefficient (Wildman–Crippen LogP) is 3.05. The van der Waals surface area contributed by atoms with E-state index < -0.39 is 12.0 Å². The minimum Gasteiger partial charge on any atom is -0.507 e. The van der Waals surface area contributed by atoms with Gasteiger partial charge in [-0.1, -0.05) is 0 Å². The highest BCUT2D eigenvalue weighted by Gasteiger charge is 2.43. The molecule has 0 unspecified atom stereocenters. The van der Waals surface area contributed by atoms with Crippen molar-refractivity contribution in [2.75, 3.05) is 11.9 Å². The molecule has 5 rings (SSSR count). The van der Waals surface area contributed by atoms with Crippen LogP contribution in [-0.4, -0.2) is 56.6 Å². The summed E-state index contributed by atoms with van der Waals surface area (Å²) < 4.78 is 29.4. The van der Waals surface area contributed by atoms with Crippen molar-refractivity contribution >= 4 is 5.82 Å². The maximum absolute atomic E-state index is 14.8. The van der Waals surface area contributed by atoms with Gasteiger partial charge in [0.25, 0.3) is 0 Å². The number of benzene rings is 1. The number of phenols is 1. The lowest BCUT2D eigenvalue weighted by atomic mass is 9.96. The fourth-order valence-electron chi connectivity index (χ4n) is 4.55. The molecular formula is C21H22F2N6O. The molecule has 2 aliphatic heterocycles. The van der Waals surface area contributed by atoms with E-state index in [1.807, 2.05) is 11.9 Å². The first-order valence-corrected chi connectivity index (χ1v) is 9.98. The molecule has 0 saturated carbocycles. The van der Waals surface area contributed by atoms with E-state index in [4.69, 9.17) is 0 Å². The zero-order chi connectivity index (χ0) is 20.8. The first kappa shape index (κ1) is 18.9. The van der Waals surface area contributed by atoms with E-state index >= 15 is 0 Å². The molecule has 3 aromatic rings. The molecule has 9 heteroatoms. The molecule has 2 bridgehead atoms. The summed E-state index contributed by atoms with van der Waals surface area (Å²) in [4.78, 5) is 10.6. The van der Waals surface area contributed by atoms with Gasteiger partial charge in [-0.25, -0.2) is 13.8 Å². The van der Waals surface area contributed by atoms with Gasteiger partial charge in [0, 0.05) is 42.0 Å². The molecule has 0 aliphatic carbocycles. The zero-order valence-corrected chi connectivity index (χ0v) is 16.4. The van der Waals surface area contributed by atoms with E-state index in [2.05, 4.69) is 25.5 Å². The van der Waals surface area contributed by atoms with Gasteiger partial charge in [-0.2, -0.15) is 5.10 Å². The second kappa shape index (κ2) is 7.32. The molecular weight excluding hydrogens is 390 g/mol. The molecule has 1 aromatic carbocycles. The summed E-state index contributed by atoms with van der Waals surface area (Å²) in [6.45, 7) is 0. The largest absolute Gasteiger partial charge is 0.507 e. The lowest BCUT2D eigenvalue weighted by Crippen LogP contribution is -2.55. The molecule has 3 N–H and O–H groups in total. The van der Waals surface area contributed by atoms with Crippen molar-refractivity contribution in [3.63, 3.8) is 0 Å². The van der Waals surface area contributed by atoms with Crippen molar-refractivity contribution in [3.05, 3.63) is 42.7 Å². The number of hydrogen-bond donors (Lipinski definition) is 3. The highest BCUT2D eigenvalue weighted by Crippen LogP contribution is 2.36. The minimum atomic E-state index is -0.969. The van der Waals surface area contributed by atoms with Crippen LogP contribution >= 0.6 is 0 Å². The molecule has 156 valence electrons. The average Bonchev–Trinajstić information content (AvgIpc) is 3.42. The van der Waals surface area contributed by atoms with Gasteiger partial charge in [0.2, 0.25) is 0 Å². The normalized spacial score (nSPS) is 25.4. The summed E-state index contributed by atoms with van der Waals surface area (Å²) in [5, 5.41) is 20.2. The summed E-state index contributed by atoms with van der Waals surface area (Å²) in [6.07, 6.45) is 7.65. The van der Waals surface area contributed by atoms with Crippen LogP contribution in [0.4, 0.5) is 14.6 Å². The van der Waals surface area contributed by atoms with Crippen LogP contribution in [0.25, 0.3) is 22.4 Å². The van der Waals surface area contributed by atoms with E-state index in [0.717, 1.165) is 19.3 Å². The molecule has 4 heterocycles. The van der Waals surface area contributed by atoms with E-state index in [0.29, 0.717) is 23.1 Å². The Morgan fingerprint density at radius 3 is 2.73 bits per heavy atom. The number of aromatic nitrogens is 4. The second-order valence-corrected chi connectivity index (χ2v) is 8.00. The van der Waals surface area contributed by atoms with Gasteiger partial charge >= 0.3 is 0 Å². The zero-order valence-electron chi connectivity index (χ0n) is 16.4. The van der Waals surface area contributed by atoms with Gasteiger partial charge in [0.05, 0.1) is 30.3 Å². The summed E-state index contributed by atoms with van der Waals surface area (Å²) in [7, 11) is 1.82. The molecule has 2 aliphatic rings. The first-order valence-electron chi connectivity index (χ1n) is 9.98. The SMILES string of the molecule is CN(c1cnc(-c2cc(F)c(-c3cn[nH]c3)cc2O)cn1)[C@@H]1C[C@H]2CC[C@H](N2)[C@@H]1F. The van der Waals surface area contributed by atoms with Gasteiger partial charge in [-0.15, -0.1) is 0 Å². The molecule has 0 amide bonds. The number of aromatic amines is 1. The van der Waals surface area contributed by atoms with Crippen LogP contribution in [0.3, 0.4) is 0 Å². The second-order valence-electron chi connectivity index (χ2n) is 8.00. The number of aromatic hydroxyl groups is 1. The van der Waals surface area contributed by atoms with Crippen molar-refractivity contribution in [2.45, 2.75) is 43.6 Å². The van der Waals surface area contributed by atoms with Gasteiger partial charge in [-0.05, 0) is 31.4 Å². The first-order chi connectivity index (χ1) is 14.5. The van der Waals surface area contributed by atoms with Crippen molar-refractivity contribution in [1.29, 1.82) is 0 Å². The highest BCUT2D eigenvalue weighted by atomic mass is 19.1. The molecule has 2 aromatic heterocycles. The fraction of sp³-hybridized carbons (Fsp3) is 0.381. The number of nitrogens with one attached hydrogen (secondary N) is 2. The Bertz CT molecular complexity index is 1040.